The third-order valence-corrected chi connectivity index (χ3v) is 11.3. The number of esters is 3. The third kappa shape index (κ3) is 14.8. The predicted octanol–water partition coefficient (Wildman–Crippen LogP) is 9.14. The fourth-order valence-corrected chi connectivity index (χ4v) is 7.56. The number of rotatable bonds is 19. The minimum Gasteiger partial charge on any atom is -0.462 e. The number of ketones is 2. The molecule has 6 rings (SSSR count). The summed E-state index contributed by atoms with van der Waals surface area (Å²) < 4.78 is 28.7. The maximum atomic E-state index is 13.0. The van der Waals surface area contributed by atoms with E-state index in [1.165, 1.54) is 13.0 Å². The van der Waals surface area contributed by atoms with Crippen LogP contribution < -0.4 is 10.5 Å². The van der Waals surface area contributed by atoms with Crippen LogP contribution in [-0.4, -0.2) is 59.7 Å². The van der Waals surface area contributed by atoms with Gasteiger partial charge in [0.25, 0.3) is 0 Å². The van der Waals surface area contributed by atoms with Crippen LogP contribution in [0.4, 0.5) is 10.5 Å². The average molecular weight is 1010 g/mol. The second kappa shape index (κ2) is 26.3. The fraction of sp³-hybridized carbons (Fsp3) is 0.250. The minimum atomic E-state index is -1.20. The maximum absolute atomic E-state index is 13.0. The molecule has 0 amide bonds. The summed E-state index contributed by atoms with van der Waals surface area (Å²) >= 11 is 3.32. The largest absolute Gasteiger partial charge is 0.511 e. The number of nitrogens with two attached hydrogens (primary N) is 1. The smallest absolute Gasteiger partial charge is 0.462 e. The molecule has 0 saturated carbocycles. The summed E-state index contributed by atoms with van der Waals surface area (Å²) in [6.07, 6.45) is 20.8. The van der Waals surface area contributed by atoms with E-state index in [0.717, 1.165) is 10.2 Å². The van der Waals surface area contributed by atoms with Crippen molar-refractivity contribution in [3.05, 3.63) is 153 Å². The Morgan fingerprint density at radius 3 is 1.94 bits per heavy atom. The van der Waals surface area contributed by atoms with Crippen LogP contribution in [0.3, 0.4) is 0 Å². The van der Waals surface area contributed by atoms with Gasteiger partial charge in [0.2, 0.25) is 12.1 Å². The summed E-state index contributed by atoms with van der Waals surface area (Å²) in [5.74, 6) is 7.38. The van der Waals surface area contributed by atoms with Gasteiger partial charge in [-0.15, -0.1) is 49.4 Å². The van der Waals surface area contributed by atoms with Crippen molar-refractivity contribution in [3.63, 3.8) is 0 Å². The highest BCUT2D eigenvalue weighted by Crippen LogP contribution is 2.33. The van der Waals surface area contributed by atoms with Crippen molar-refractivity contribution < 1.29 is 52.5 Å². The van der Waals surface area contributed by atoms with Crippen LogP contribution in [0.1, 0.15) is 98.5 Å². The Morgan fingerprint density at radius 2 is 1.30 bits per heavy atom. The summed E-state index contributed by atoms with van der Waals surface area (Å²) in [4.78, 5) is 75.4. The van der Waals surface area contributed by atoms with E-state index in [-0.39, 0.29) is 65.6 Å². The lowest BCUT2D eigenvalue weighted by molar-refractivity contribution is -0.167. The van der Waals surface area contributed by atoms with E-state index in [1.54, 1.807) is 84.9 Å². The number of hydrogen-bond acceptors (Lipinski definition) is 12. The van der Waals surface area contributed by atoms with Gasteiger partial charge in [-0.05, 0) is 72.6 Å². The lowest BCUT2D eigenvalue weighted by Gasteiger charge is -2.16. The fourth-order valence-electron chi connectivity index (χ4n) is 7.30. The maximum Gasteiger partial charge on any atom is 0.511 e. The Labute approximate surface area is 415 Å². The SMILES string of the molecule is C#CCC(CC#C)COC(=O)OC(C)OC(=O)Cc1cccc(C(=O)c2ccc(Br)cc2)c1N.C#CCC(CC#C)COC(=O)c1cccc(OC(=O)C2CCn3c(C(=O)c4ccccc4)ccc32)c1. The lowest BCUT2D eigenvalue weighted by atomic mass is 9.98. The van der Waals surface area contributed by atoms with Gasteiger partial charge in [-0.25, -0.2) is 9.59 Å². The molecule has 0 fully saturated rings. The van der Waals surface area contributed by atoms with Crippen molar-refractivity contribution in [1.29, 1.82) is 0 Å². The van der Waals surface area contributed by atoms with Crippen LogP contribution in [-0.2, 0) is 41.5 Å². The molecule has 1 aliphatic rings. The van der Waals surface area contributed by atoms with E-state index < -0.39 is 36.3 Å². The number of benzene rings is 4. The number of ether oxygens (including phenoxy) is 5. The number of hydrogen-bond donors (Lipinski definition) is 1. The van der Waals surface area contributed by atoms with Crippen molar-refractivity contribution in [3.8, 4) is 55.1 Å². The lowest BCUT2D eigenvalue weighted by Crippen LogP contribution is -2.24. The van der Waals surface area contributed by atoms with Gasteiger partial charge >= 0.3 is 24.1 Å². The van der Waals surface area contributed by atoms with Gasteiger partial charge < -0.3 is 34.0 Å². The number of nitrogen functional groups attached to an aromatic ring is 1. The van der Waals surface area contributed by atoms with Crippen molar-refractivity contribution in [2.75, 3.05) is 18.9 Å². The molecular weight excluding hydrogens is 957 g/mol. The highest BCUT2D eigenvalue weighted by molar-refractivity contribution is 9.10. The first-order valence-corrected chi connectivity index (χ1v) is 22.8. The van der Waals surface area contributed by atoms with Crippen LogP contribution in [0.25, 0.3) is 0 Å². The normalized spacial score (nSPS) is 12.5. The number of halogens is 1. The van der Waals surface area contributed by atoms with Crippen molar-refractivity contribution in [1.82, 2.24) is 4.57 Å². The van der Waals surface area contributed by atoms with Gasteiger partial charge in [0.1, 0.15) is 5.75 Å². The molecule has 0 saturated heterocycles. The molecule has 4 aromatic carbocycles. The number of aromatic nitrogens is 1. The van der Waals surface area contributed by atoms with E-state index in [4.69, 9.17) is 55.1 Å². The molecule has 1 aromatic heterocycles. The summed E-state index contributed by atoms with van der Waals surface area (Å²) in [5.41, 5.74) is 9.61. The number of carbonyl (C=O) groups is 6. The summed E-state index contributed by atoms with van der Waals surface area (Å²) in [6.45, 7) is 2.01. The first kappa shape index (κ1) is 52.7. The Morgan fingerprint density at radius 1 is 0.700 bits per heavy atom. The highest BCUT2D eigenvalue weighted by atomic mass is 79.9. The van der Waals surface area contributed by atoms with E-state index >= 15 is 0 Å². The molecule has 1 aliphatic heterocycles. The van der Waals surface area contributed by atoms with E-state index in [2.05, 4.69) is 39.6 Å². The van der Waals surface area contributed by atoms with Crippen molar-refractivity contribution in [2.24, 2.45) is 11.8 Å². The number of nitrogens with zero attached hydrogens (tertiary/aromatic N) is 1. The zero-order valence-corrected chi connectivity index (χ0v) is 39.9. The molecule has 2 N–H and O–H groups in total. The standard InChI is InChI=1S/C30H25NO5.C26H24BrNO6/c1-3-9-21(10-4-2)20-35-29(33)23-13-8-14-24(19-23)36-30(34)25-17-18-31-26(25)15-16-27(31)28(32)22-11-6-5-7-12-22;1-4-7-18(8-5-2)16-32-26(31)34-17(3)33-23(29)15-20-9-6-10-22(24(20)28)25(30)19-11-13-21(27)14-12-19/h1-2,5-8,11-16,19,21,25H,9-10,17-18,20H2;1-2,6,9-14,17-18H,7-8,15-16,28H2,3H3. The predicted molar refractivity (Wildman–Crippen MR) is 265 cm³/mol. The van der Waals surface area contributed by atoms with Gasteiger partial charge in [0.15, 0.2) is 5.78 Å². The van der Waals surface area contributed by atoms with Gasteiger partial charge in [0, 0.05) is 83.5 Å². The van der Waals surface area contributed by atoms with Gasteiger partial charge in [0.05, 0.1) is 36.8 Å². The van der Waals surface area contributed by atoms with Crippen LogP contribution in [0.2, 0.25) is 0 Å². The van der Waals surface area contributed by atoms with E-state index in [1.807, 2.05) is 22.8 Å². The molecule has 0 spiro atoms. The Balaban J connectivity index is 0.000000261. The molecule has 13 nitrogen and oxygen atoms in total. The van der Waals surface area contributed by atoms with Crippen molar-refractivity contribution >= 4 is 57.2 Å². The molecule has 356 valence electrons. The second-order valence-corrected chi connectivity index (χ2v) is 16.8. The van der Waals surface area contributed by atoms with Gasteiger partial charge in [-0.1, -0.05) is 64.5 Å². The molecule has 70 heavy (non-hydrogen) atoms. The Kier molecular flexibility index (Phi) is 19.8. The van der Waals surface area contributed by atoms with E-state index in [9.17, 15) is 28.8 Å². The first-order valence-electron chi connectivity index (χ1n) is 22.0. The summed E-state index contributed by atoms with van der Waals surface area (Å²) in [7, 11) is 0. The first-order chi connectivity index (χ1) is 33.8. The molecule has 0 radical (unpaired) electrons. The van der Waals surface area contributed by atoms with Crippen LogP contribution in [0.15, 0.2) is 114 Å². The van der Waals surface area contributed by atoms with Crippen LogP contribution in [0, 0.1) is 61.2 Å². The number of para-hydroxylation sites is 1. The van der Waals surface area contributed by atoms with Gasteiger partial charge in [-0.2, -0.15) is 0 Å². The Bertz CT molecular complexity index is 2830. The minimum absolute atomic E-state index is 0.0103. The number of fused-ring (bicyclic) bond motifs is 1. The molecule has 2 unspecified atom stereocenters. The second-order valence-electron chi connectivity index (χ2n) is 15.9. The third-order valence-electron chi connectivity index (χ3n) is 10.8. The van der Waals surface area contributed by atoms with Gasteiger partial charge in [-0.3, -0.25) is 19.2 Å². The average Bonchev–Trinajstić information content (AvgIpc) is 3.97. The van der Waals surface area contributed by atoms with Crippen LogP contribution >= 0.6 is 15.9 Å². The van der Waals surface area contributed by atoms with Crippen LogP contribution in [0.5, 0.6) is 5.75 Å². The number of terminal acetylenes is 4. The number of carbonyl (C=O) groups excluding carboxylic acids is 6. The molecule has 0 bridgehead atoms. The molecule has 5 aromatic rings. The summed E-state index contributed by atoms with van der Waals surface area (Å²) in [5, 5.41) is 0. The molecule has 0 aliphatic carbocycles. The monoisotopic (exact) mass is 1000 g/mol. The summed E-state index contributed by atoms with van der Waals surface area (Å²) in [6, 6.07) is 30.5. The molecule has 2 atom stereocenters. The number of anilines is 1. The van der Waals surface area contributed by atoms with Crippen molar-refractivity contribution in [2.45, 2.75) is 64.2 Å². The molecule has 14 heteroatoms. The Hall–Kier alpha value is -8.30. The highest BCUT2D eigenvalue weighted by Gasteiger charge is 2.33. The molecule has 2 heterocycles. The van der Waals surface area contributed by atoms with E-state index in [0.29, 0.717) is 61.0 Å². The molecular formula is C56H49BrN2O11. The zero-order valence-electron chi connectivity index (χ0n) is 38.3. The quantitative estimate of drug-likeness (QED) is 0.0158. The topological polar surface area (TPSA) is 180 Å². The zero-order chi connectivity index (χ0) is 50.6.